The third-order valence-corrected chi connectivity index (χ3v) is 2.83. The summed E-state index contributed by atoms with van der Waals surface area (Å²) in [6.07, 6.45) is 2.60. The minimum absolute atomic E-state index is 0.0629. The molecule has 2 N–H and O–H groups in total. The number of hydrogen-bond acceptors (Lipinski definition) is 5. The smallest absolute Gasteiger partial charge is 0.218 e. The molecule has 18 heavy (non-hydrogen) atoms. The van der Waals surface area contributed by atoms with Crippen LogP contribution in [0.2, 0.25) is 0 Å². The van der Waals surface area contributed by atoms with Gasteiger partial charge in [-0.15, -0.1) is 0 Å². The van der Waals surface area contributed by atoms with Gasteiger partial charge < -0.3 is 15.4 Å². The Kier molecular flexibility index (Phi) is 5.34. The van der Waals surface area contributed by atoms with Crippen LogP contribution in [-0.2, 0) is 0 Å². The molecule has 0 aliphatic carbocycles. The summed E-state index contributed by atoms with van der Waals surface area (Å²) in [6.45, 7) is 8.94. The highest BCUT2D eigenvalue weighted by atomic mass is 16.5. The molecule has 0 bridgehead atoms. The van der Waals surface area contributed by atoms with E-state index in [1.54, 1.807) is 7.11 Å². The summed E-state index contributed by atoms with van der Waals surface area (Å²) in [7, 11) is 1.61. The number of methoxy groups -OCH3 is 1. The molecule has 0 aliphatic rings. The normalized spacial score (nSPS) is 11.4. The highest BCUT2D eigenvalue weighted by Crippen LogP contribution is 2.21. The zero-order chi connectivity index (χ0) is 13.6. The highest BCUT2D eigenvalue weighted by Gasteiger charge is 2.21. The number of ether oxygens (including phenoxy) is 1. The quantitative estimate of drug-likeness (QED) is 0.800. The fourth-order valence-corrected chi connectivity index (χ4v) is 1.74. The summed E-state index contributed by atoms with van der Waals surface area (Å²) in [6, 6.07) is 1.86. The molecule has 0 aliphatic heterocycles. The highest BCUT2D eigenvalue weighted by molar-refractivity contribution is 5.41. The van der Waals surface area contributed by atoms with Crippen LogP contribution in [0.3, 0.4) is 0 Å². The van der Waals surface area contributed by atoms with Gasteiger partial charge in [0.15, 0.2) is 0 Å². The predicted molar refractivity (Wildman–Crippen MR) is 73.9 cm³/mol. The molecule has 1 heterocycles. The first kappa shape index (κ1) is 14.7. The molecule has 1 aromatic rings. The third-order valence-electron chi connectivity index (χ3n) is 2.83. The van der Waals surface area contributed by atoms with Gasteiger partial charge in [0, 0.05) is 19.2 Å². The number of anilines is 1. The maximum Gasteiger partial charge on any atom is 0.218 e. The monoisotopic (exact) mass is 252 g/mol. The molecule has 0 atom stereocenters. The first-order chi connectivity index (χ1) is 8.52. The Morgan fingerprint density at radius 2 is 2.11 bits per heavy atom. The second-order valence-electron chi connectivity index (χ2n) is 5.21. The van der Waals surface area contributed by atoms with Crippen LogP contribution in [0.5, 0.6) is 5.88 Å². The van der Waals surface area contributed by atoms with Crippen LogP contribution in [0.4, 0.5) is 5.82 Å². The van der Waals surface area contributed by atoms with Gasteiger partial charge in [-0.1, -0.05) is 20.8 Å². The molecule has 0 aromatic carbocycles. The van der Waals surface area contributed by atoms with Crippen molar-refractivity contribution < 1.29 is 4.74 Å². The number of nitrogens with zero attached hydrogens (tertiary/aromatic N) is 3. The summed E-state index contributed by atoms with van der Waals surface area (Å²) in [5.74, 6) is 1.48. The zero-order valence-electron chi connectivity index (χ0n) is 11.8. The van der Waals surface area contributed by atoms with E-state index in [1.165, 1.54) is 6.33 Å². The van der Waals surface area contributed by atoms with Crippen LogP contribution in [0.25, 0.3) is 0 Å². The molecular formula is C13H24N4O. The zero-order valence-corrected chi connectivity index (χ0v) is 11.8. The van der Waals surface area contributed by atoms with E-state index in [0.29, 0.717) is 12.4 Å². The van der Waals surface area contributed by atoms with Gasteiger partial charge in [-0.2, -0.15) is 0 Å². The first-order valence-electron chi connectivity index (χ1n) is 6.33. The fraction of sp³-hybridized carbons (Fsp3) is 0.692. The molecule has 5 heteroatoms. The minimum atomic E-state index is 0.0629. The Hall–Kier alpha value is -1.36. The standard InChI is InChI=1S/C13H24N4O/c1-5-6-17(9-13(2,3)8-14)11-7-12(18-4)16-10-15-11/h7,10H,5-6,8-9,14H2,1-4H3. The van der Waals surface area contributed by atoms with Gasteiger partial charge in [-0.25, -0.2) is 9.97 Å². The van der Waals surface area contributed by atoms with E-state index in [1.807, 2.05) is 6.07 Å². The lowest BCUT2D eigenvalue weighted by Crippen LogP contribution is -2.39. The van der Waals surface area contributed by atoms with E-state index in [2.05, 4.69) is 35.6 Å². The third kappa shape index (κ3) is 4.14. The van der Waals surface area contributed by atoms with Crippen LogP contribution in [0.15, 0.2) is 12.4 Å². The van der Waals surface area contributed by atoms with Gasteiger partial charge in [0.1, 0.15) is 12.1 Å². The summed E-state index contributed by atoms with van der Waals surface area (Å²) < 4.78 is 5.14. The lowest BCUT2D eigenvalue weighted by Gasteiger charge is -2.32. The first-order valence-corrected chi connectivity index (χ1v) is 6.33. The summed E-state index contributed by atoms with van der Waals surface area (Å²) in [5, 5.41) is 0. The SMILES string of the molecule is CCCN(CC(C)(C)CN)c1cc(OC)ncn1. The Morgan fingerprint density at radius 3 is 2.67 bits per heavy atom. The second kappa shape index (κ2) is 6.54. The Balaban J connectivity index is 2.89. The predicted octanol–water partition coefficient (Wildman–Crippen LogP) is 1.69. The van der Waals surface area contributed by atoms with Gasteiger partial charge in [-0.3, -0.25) is 0 Å². The van der Waals surface area contributed by atoms with Crippen molar-refractivity contribution in [1.82, 2.24) is 9.97 Å². The molecule has 0 unspecified atom stereocenters. The molecule has 0 amide bonds. The lowest BCUT2D eigenvalue weighted by atomic mass is 9.93. The average molecular weight is 252 g/mol. The molecule has 1 rings (SSSR count). The lowest BCUT2D eigenvalue weighted by molar-refractivity contribution is 0.374. The molecule has 102 valence electrons. The molecule has 0 fully saturated rings. The van der Waals surface area contributed by atoms with E-state index < -0.39 is 0 Å². The molecule has 5 nitrogen and oxygen atoms in total. The van der Waals surface area contributed by atoms with Crippen LogP contribution in [0.1, 0.15) is 27.2 Å². The number of hydrogen-bond donors (Lipinski definition) is 1. The molecule has 0 saturated heterocycles. The van der Waals surface area contributed by atoms with E-state index >= 15 is 0 Å². The van der Waals surface area contributed by atoms with Gasteiger partial charge in [0.05, 0.1) is 7.11 Å². The van der Waals surface area contributed by atoms with Gasteiger partial charge in [-0.05, 0) is 18.4 Å². The van der Waals surface area contributed by atoms with Crippen molar-refractivity contribution >= 4 is 5.82 Å². The van der Waals surface area contributed by atoms with Crippen LogP contribution >= 0.6 is 0 Å². The number of aromatic nitrogens is 2. The Morgan fingerprint density at radius 1 is 1.39 bits per heavy atom. The number of rotatable bonds is 7. The molecular weight excluding hydrogens is 228 g/mol. The minimum Gasteiger partial charge on any atom is -0.481 e. The van der Waals surface area contributed by atoms with Crippen molar-refractivity contribution in [3.63, 3.8) is 0 Å². The second-order valence-corrected chi connectivity index (χ2v) is 5.21. The molecule has 0 radical (unpaired) electrons. The number of nitrogens with two attached hydrogens (primary N) is 1. The summed E-state index contributed by atoms with van der Waals surface area (Å²) in [4.78, 5) is 10.6. The van der Waals surface area contributed by atoms with Crippen molar-refractivity contribution in [2.24, 2.45) is 11.1 Å². The van der Waals surface area contributed by atoms with Crippen LogP contribution in [-0.4, -0.2) is 36.7 Å². The van der Waals surface area contributed by atoms with Gasteiger partial charge in [0.25, 0.3) is 0 Å². The summed E-state index contributed by atoms with van der Waals surface area (Å²) in [5.41, 5.74) is 5.86. The van der Waals surface area contributed by atoms with Crippen molar-refractivity contribution in [3.8, 4) is 5.88 Å². The van der Waals surface area contributed by atoms with E-state index in [0.717, 1.165) is 25.3 Å². The van der Waals surface area contributed by atoms with Crippen molar-refractivity contribution in [2.45, 2.75) is 27.2 Å². The maximum absolute atomic E-state index is 5.80. The van der Waals surface area contributed by atoms with E-state index in [9.17, 15) is 0 Å². The Labute approximate surface area is 109 Å². The van der Waals surface area contributed by atoms with Crippen LogP contribution in [0, 0.1) is 5.41 Å². The topological polar surface area (TPSA) is 64.3 Å². The fourth-order valence-electron chi connectivity index (χ4n) is 1.74. The molecule has 1 aromatic heterocycles. The Bertz CT molecular complexity index is 368. The molecule has 0 spiro atoms. The average Bonchev–Trinajstić information content (AvgIpc) is 2.38. The molecule has 0 saturated carbocycles. The van der Waals surface area contributed by atoms with Crippen LogP contribution < -0.4 is 15.4 Å². The van der Waals surface area contributed by atoms with Crippen molar-refractivity contribution in [2.75, 3.05) is 31.6 Å². The van der Waals surface area contributed by atoms with Crippen molar-refractivity contribution in [3.05, 3.63) is 12.4 Å². The largest absolute Gasteiger partial charge is 0.481 e. The van der Waals surface area contributed by atoms with Crippen molar-refractivity contribution in [1.29, 1.82) is 0 Å². The van der Waals surface area contributed by atoms with Gasteiger partial charge >= 0.3 is 0 Å². The summed E-state index contributed by atoms with van der Waals surface area (Å²) >= 11 is 0. The van der Waals surface area contributed by atoms with Gasteiger partial charge in [0.2, 0.25) is 5.88 Å². The maximum atomic E-state index is 5.80. The van der Waals surface area contributed by atoms with E-state index in [4.69, 9.17) is 10.5 Å². The van der Waals surface area contributed by atoms with E-state index in [-0.39, 0.29) is 5.41 Å².